The zero-order valence-electron chi connectivity index (χ0n) is 9.78. The average Bonchev–Trinajstić information content (AvgIpc) is 2.28. The summed E-state index contributed by atoms with van der Waals surface area (Å²) in [5.41, 5.74) is 0.337. The van der Waals surface area contributed by atoms with Crippen molar-refractivity contribution < 1.29 is 14.3 Å². The second kappa shape index (κ2) is 5.98. The molecule has 1 rings (SSSR count). The quantitative estimate of drug-likeness (QED) is 0.902. The van der Waals surface area contributed by atoms with E-state index in [0.29, 0.717) is 18.5 Å². The predicted octanol–water partition coefficient (Wildman–Crippen LogP) is 2.32. The molecule has 94 valence electrons. The van der Waals surface area contributed by atoms with E-state index < -0.39 is 11.9 Å². The fraction of sp³-hybridized carbons (Fsp3) is 0.417. The van der Waals surface area contributed by atoms with Gasteiger partial charge in [0, 0.05) is 19.2 Å². The number of carbonyl (C=O) groups is 1. The largest absolute Gasteiger partial charge is 0.393 e. The molecule has 0 saturated heterocycles. The molecule has 1 aromatic rings. The van der Waals surface area contributed by atoms with Crippen molar-refractivity contribution in [3.8, 4) is 0 Å². The summed E-state index contributed by atoms with van der Waals surface area (Å²) >= 11 is 5.60. The Morgan fingerprint density at radius 1 is 1.59 bits per heavy atom. The first-order valence-corrected chi connectivity index (χ1v) is 5.68. The second-order valence-electron chi connectivity index (χ2n) is 3.99. The van der Waals surface area contributed by atoms with Crippen LogP contribution in [0.25, 0.3) is 0 Å². The minimum absolute atomic E-state index is 0.0697. The zero-order valence-corrected chi connectivity index (χ0v) is 10.5. The summed E-state index contributed by atoms with van der Waals surface area (Å²) in [6.45, 7) is 2.10. The molecular weight excluding hydrogens is 245 g/mol. The zero-order chi connectivity index (χ0) is 13.0. The molecule has 3 nitrogen and oxygen atoms in total. The Kier molecular flexibility index (Phi) is 4.90. The molecule has 0 radical (unpaired) electrons. The Morgan fingerprint density at radius 3 is 2.76 bits per heavy atom. The summed E-state index contributed by atoms with van der Waals surface area (Å²) in [6.07, 6.45) is 0.0408. The molecule has 1 amide bonds. The fourth-order valence-electron chi connectivity index (χ4n) is 1.33. The van der Waals surface area contributed by atoms with Gasteiger partial charge in [0.25, 0.3) is 5.91 Å². The van der Waals surface area contributed by atoms with Crippen LogP contribution in [-0.2, 0) is 0 Å². The van der Waals surface area contributed by atoms with Crippen LogP contribution in [0, 0.1) is 5.82 Å². The molecule has 0 heterocycles. The third kappa shape index (κ3) is 3.98. The Bertz CT molecular complexity index is 409. The number of hydrogen-bond donors (Lipinski definition) is 1. The van der Waals surface area contributed by atoms with Gasteiger partial charge in [0.05, 0.1) is 11.1 Å². The van der Waals surface area contributed by atoms with E-state index in [9.17, 15) is 9.18 Å². The molecule has 1 aromatic carbocycles. The van der Waals surface area contributed by atoms with E-state index in [2.05, 4.69) is 0 Å². The maximum atomic E-state index is 12.9. The number of benzene rings is 1. The lowest BCUT2D eigenvalue weighted by atomic mass is 10.2. The monoisotopic (exact) mass is 259 g/mol. The minimum atomic E-state index is -0.546. The normalized spacial score (nSPS) is 12.3. The lowest BCUT2D eigenvalue weighted by Crippen LogP contribution is -2.29. The Hall–Kier alpha value is -1.13. The van der Waals surface area contributed by atoms with Crippen molar-refractivity contribution in [2.75, 3.05) is 13.6 Å². The van der Waals surface area contributed by atoms with E-state index in [1.165, 1.54) is 17.0 Å². The molecule has 0 aliphatic heterocycles. The van der Waals surface area contributed by atoms with Gasteiger partial charge in [-0.2, -0.15) is 0 Å². The Morgan fingerprint density at radius 2 is 2.24 bits per heavy atom. The molecule has 0 aliphatic carbocycles. The number of rotatable bonds is 4. The topological polar surface area (TPSA) is 40.5 Å². The highest BCUT2D eigenvalue weighted by atomic mass is 35.5. The third-order valence-corrected chi connectivity index (χ3v) is 2.69. The van der Waals surface area contributed by atoms with Crippen LogP contribution in [0.3, 0.4) is 0 Å². The van der Waals surface area contributed by atoms with Gasteiger partial charge in [-0.05, 0) is 31.5 Å². The molecule has 0 saturated carbocycles. The smallest absolute Gasteiger partial charge is 0.253 e. The number of halogens is 2. The SMILES string of the molecule is CC(O)CCN(C)C(=O)c1ccc(F)c(Cl)c1. The van der Waals surface area contributed by atoms with Gasteiger partial charge >= 0.3 is 0 Å². The first-order chi connectivity index (χ1) is 7.91. The van der Waals surface area contributed by atoms with Gasteiger partial charge in [-0.3, -0.25) is 4.79 Å². The van der Waals surface area contributed by atoms with Crippen molar-refractivity contribution in [1.29, 1.82) is 0 Å². The van der Waals surface area contributed by atoms with Crippen molar-refractivity contribution in [1.82, 2.24) is 4.90 Å². The van der Waals surface area contributed by atoms with E-state index >= 15 is 0 Å². The van der Waals surface area contributed by atoms with Crippen LogP contribution < -0.4 is 0 Å². The summed E-state index contributed by atoms with van der Waals surface area (Å²) in [5, 5.41) is 9.06. The van der Waals surface area contributed by atoms with E-state index in [1.54, 1.807) is 14.0 Å². The summed E-state index contributed by atoms with van der Waals surface area (Å²) in [5.74, 6) is -0.789. The third-order valence-electron chi connectivity index (χ3n) is 2.40. The van der Waals surface area contributed by atoms with Crippen molar-refractivity contribution in [2.24, 2.45) is 0 Å². The van der Waals surface area contributed by atoms with E-state index in [1.807, 2.05) is 0 Å². The highest BCUT2D eigenvalue weighted by molar-refractivity contribution is 6.31. The first-order valence-electron chi connectivity index (χ1n) is 5.30. The maximum Gasteiger partial charge on any atom is 0.253 e. The standard InChI is InChI=1S/C12H15ClFNO2/c1-8(16)5-6-15(2)12(17)9-3-4-11(14)10(13)7-9/h3-4,7-8,16H,5-6H2,1-2H3. The first kappa shape index (κ1) is 13.9. The van der Waals surface area contributed by atoms with Crippen molar-refractivity contribution >= 4 is 17.5 Å². The molecule has 0 bridgehead atoms. The van der Waals surface area contributed by atoms with Crippen LogP contribution >= 0.6 is 11.6 Å². The second-order valence-corrected chi connectivity index (χ2v) is 4.40. The van der Waals surface area contributed by atoms with Gasteiger partial charge in [-0.1, -0.05) is 11.6 Å². The summed E-state index contributed by atoms with van der Waals surface area (Å²) in [4.78, 5) is 13.4. The molecule has 1 atom stereocenters. The fourth-order valence-corrected chi connectivity index (χ4v) is 1.51. The van der Waals surface area contributed by atoms with Gasteiger partial charge in [0.1, 0.15) is 5.82 Å². The van der Waals surface area contributed by atoms with Crippen LogP contribution in [0.5, 0.6) is 0 Å². The van der Waals surface area contributed by atoms with Crippen LogP contribution in [0.15, 0.2) is 18.2 Å². The van der Waals surface area contributed by atoms with Gasteiger partial charge in [-0.15, -0.1) is 0 Å². The highest BCUT2D eigenvalue weighted by Crippen LogP contribution is 2.17. The summed E-state index contributed by atoms with van der Waals surface area (Å²) in [7, 11) is 1.63. The molecule has 1 unspecified atom stereocenters. The molecule has 17 heavy (non-hydrogen) atoms. The van der Waals surface area contributed by atoms with Gasteiger partial charge in [-0.25, -0.2) is 4.39 Å². The predicted molar refractivity (Wildman–Crippen MR) is 64.7 cm³/mol. The van der Waals surface area contributed by atoms with Crippen molar-refractivity contribution in [3.05, 3.63) is 34.6 Å². The summed E-state index contributed by atoms with van der Waals surface area (Å²) in [6, 6.07) is 3.86. The van der Waals surface area contributed by atoms with Gasteiger partial charge in [0.2, 0.25) is 0 Å². The average molecular weight is 260 g/mol. The number of aliphatic hydroxyl groups excluding tert-OH is 1. The number of aliphatic hydroxyl groups is 1. The van der Waals surface area contributed by atoms with Gasteiger partial charge < -0.3 is 10.0 Å². The Balaban J connectivity index is 2.71. The molecule has 0 fully saturated rings. The number of hydrogen-bond acceptors (Lipinski definition) is 2. The van der Waals surface area contributed by atoms with Crippen LogP contribution in [0.1, 0.15) is 23.7 Å². The van der Waals surface area contributed by atoms with Crippen molar-refractivity contribution in [3.63, 3.8) is 0 Å². The molecule has 0 aliphatic rings. The molecule has 1 N–H and O–H groups in total. The minimum Gasteiger partial charge on any atom is -0.393 e. The molecule has 0 aromatic heterocycles. The highest BCUT2D eigenvalue weighted by Gasteiger charge is 2.13. The van der Waals surface area contributed by atoms with E-state index in [-0.39, 0.29) is 10.9 Å². The van der Waals surface area contributed by atoms with E-state index in [4.69, 9.17) is 16.7 Å². The molecule has 0 spiro atoms. The van der Waals surface area contributed by atoms with Gasteiger partial charge in [0.15, 0.2) is 0 Å². The Labute approximate surface area is 105 Å². The van der Waals surface area contributed by atoms with Crippen LogP contribution in [0.4, 0.5) is 4.39 Å². The lowest BCUT2D eigenvalue weighted by Gasteiger charge is -2.18. The number of nitrogens with zero attached hydrogens (tertiary/aromatic N) is 1. The van der Waals surface area contributed by atoms with E-state index in [0.717, 1.165) is 6.07 Å². The van der Waals surface area contributed by atoms with Crippen molar-refractivity contribution in [2.45, 2.75) is 19.4 Å². The summed E-state index contributed by atoms with van der Waals surface area (Å²) < 4.78 is 12.9. The maximum absolute atomic E-state index is 12.9. The number of carbonyl (C=O) groups excluding carboxylic acids is 1. The van der Waals surface area contributed by atoms with Crippen LogP contribution in [0.2, 0.25) is 5.02 Å². The van der Waals surface area contributed by atoms with Crippen LogP contribution in [-0.4, -0.2) is 35.6 Å². The number of amides is 1. The molecule has 5 heteroatoms. The molecular formula is C12H15ClFNO2. The lowest BCUT2D eigenvalue weighted by molar-refractivity contribution is 0.0769.